The summed E-state index contributed by atoms with van der Waals surface area (Å²) in [4.78, 5) is 4.36. The molecule has 1 aliphatic heterocycles. The van der Waals surface area contributed by atoms with Gasteiger partial charge in [0.15, 0.2) is 0 Å². The van der Waals surface area contributed by atoms with Crippen molar-refractivity contribution in [3.05, 3.63) is 24.0 Å². The first-order valence-electron chi connectivity index (χ1n) is 6.02. The standard InChI is InChI=1S/C12H15N3O3/c1-8-10(2-4-16-8)12-14-11(18-15-12)6-9-7-13-3-5-17-9/h2,4,9,13H,3,5-7H2,1H3. The van der Waals surface area contributed by atoms with E-state index < -0.39 is 0 Å². The lowest BCUT2D eigenvalue weighted by molar-refractivity contribution is 0.0246. The summed E-state index contributed by atoms with van der Waals surface area (Å²) in [5, 5.41) is 7.23. The summed E-state index contributed by atoms with van der Waals surface area (Å²) in [6.45, 7) is 4.33. The summed E-state index contributed by atoms with van der Waals surface area (Å²) < 4.78 is 16.1. The zero-order chi connectivity index (χ0) is 12.4. The second-order valence-corrected chi connectivity index (χ2v) is 4.30. The summed E-state index contributed by atoms with van der Waals surface area (Å²) in [6.07, 6.45) is 2.36. The lowest BCUT2D eigenvalue weighted by Gasteiger charge is -2.21. The molecule has 2 aromatic rings. The third-order valence-corrected chi connectivity index (χ3v) is 2.97. The van der Waals surface area contributed by atoms with E-state index >= 15 is 0 Å². The predicted octanol–water partition coefficient (Wildman–Crippen LogP) is 1.17. The van der Waals surface area contributed by atoms with Crippen LogP contribution in [-0.2, 0) is 11.2 Å². The number of aromatic nitrogens is 2. The van der Waals surface area contributed by atoms with E-state index in [-0.39, 0.29) is 6.10 Å². The number of nitrogens with zero attached hydrogens (tertiary/aromatic N) is 2. The summed E-state index contributed by atoms with van der Waals surface area (Å²) in [6, 6.07) is 1.84. The molecular weight excluding hydrogens is 234 g/mol. The Kier molecular flexibility index (Phi) is 3.12. The summed E-state index contributed by atoms with van der Waals surface area (Å²) >= 11 is 0. The Labute approximate surface area is 104 Å². The van der Waals surface area contributed by atoms with Gasteiger partial charge in [0.1, 0.15) is 5.76 Å². The van der Waals surface area contributed by atoms with Crippen LogP contribution in [0.5, 0.6) is 0 Å². The summed E-state index contributed by atoms with van der Waals surface area (Å²) in [5.41, 5.74) is 0.868. The molecule has 6 heteroatoms. The van der Waals surface area contributed by atoms with Crippen LogP contribution in [0.1, 0.15) is 11.7 Å². The summed E-state index contributed by atoms with van der Waals surface area (Å²) in [5.74, 6) is 1.96. The van der Waals surface area contributed by atoms with Crippen LogP contribution >= 0.6 is 0 Å². The molecule has 6 nitrogen and oxygen atoms in total. The van der Waals surface area contributed by atoms with Crippen molar-refractivity contribution in [1.29, 1.82) is 0 Å². The van der Waals surface area contributed by atoms with Gasteiger partial charge in [-0.05, 0) is 13.0 Å². The molecule has 0 amide bonds. The van der Waals surface area contributed by atoms with Crippen LogP contribution in [0.3, 0.4) is 0 Å². The molecule has 1 atom stereocenters. The minimum atomic E-state index is 0.109. The maximum Gasteiger partial charge on any atom is 0.229 e. The van der Waals surface area contributed by atoms with Gasteiger partial charge in [-0.3, -0.25) is 0 Å². The maximum atomic E-state index is 5.60. The first kappa shape index (κ1) is 11.4. The van der Waals surface area contributed by atoms with Crippen molar-refractivity contribution in [1.82, 2.24) is 15.5 Å². The zero-order valence-electron chi connectivity index (χ0n) is 10.2. The first-order chi connectivity index (χ1) is 8.83. The van der Waals surface area contributed by atoms with Crippen LogP contribution in [0.25, 0.3) is 11.4 Å². The fraction of sp³-hybridized carbons (Fsp3) is 0.500. The van der Waals surface area contributed by atoms with E-state index in [1.165, 1.54) is 0 Å². The molecule has 1 unspecified atom stereocenters. The molecule has 3 rings (SSSR count). The third-order valence-electron chi connectivity index (χ3n) is 2.97. The molecule has 2 aromatic heterocycles. The van der Waals surface area contributed by atoms with E-state index in [1.807, 2.05) is 13.0 Å². The second-order valence-electron chi connectivity index (χ2n) is 4.30. The number of rotatable bonds is 3. The Balaban J connectivity index is 1.71. The number of ether oxygens (including phenoxy) is 1. The predicted molar refractivity (Wildman–Crippen MR) is 63.1 cm³/mol. The van der Waals surface area contributed by atoms with Crippen LogP contribution in [0.15, 0.2) is 21.3 Å². The fourth-order valence-corrected chi connectivity index (χ4v) is 2.01. The first-order valence-corrected chi connectivity index (χ1v) is 6.02. The zero-order valence-corrected chi connectivity index (χ0v) is 10.2. The maximum absolute atomic E-state index is 5.60. The van der Waals surface area contributed by atoms with Gasteiger partial charge in [-0.2, -0.15) is 4.98 Å². The largest absolute Gasteiger partial charge is 0.469 e. The molecule has 0 bridgehead atoms. The molecule has 1 fully saturated rings. The van der Waals surface area contributed by atoms with Crippen molar-refractivity contribution >= 4 is 0 Å². The van der Waals surface area contributed by atoms with E-state index in [0.29, 0.717) is 18.1 Å². The van der Waals surface area contributed by atoms with E-state index in [9.17, 15) is 0 Å². The van der Waals surface area contributed by atoms with Crippen LogP contribution in [-0.4, -0.2) is 35.9 Å². The Morgan fingerprint density at radius 3 is 3.17 bits per heavy atom. The molecule has 0 aromatic carbocycles. The van der Waals surface area contributed by atoms with Gasteiger partial charge in [-0.25, -0.2) is 0 Å². The minimum absolute atomic E-state index is 0.109. The van der Waals surface area contributed by atoms with Crippen molar-refractivity contribution in [2.45, 2.75) is 19.4 Å². The summed E-state index contributed by atoms with van der Waals surface area (Å²) in [7, 11) is 0. The van der Waals surface area contributed by atoms with Gasteiger partial charge in [0.2, 0.25) is 11.7 Å². The number of hydrogen-bond acceptors (Lipinski definition) is 6. The topological polar surface area (TPSA) is 73.3 Å². The van der Waals surface area contributed by atoms with Gasteiger partial charge < -0.3 is 19.0 Å². The molecule has 1 aliphatic rings. The number of nitrogens with one attached hydrogen (secondary N) is 1. The Morgan fingerprint density at radius 2 is 2.44 bits per heavy atom. The molecule has 0 spiro atoms. The highest BCUT2D eigenvalue weighted by molar-refractivity contribution is 5.56. The van der Waals surface area contributed by atoms with Crippen LogP contribution < -0.4 is 5.32 Å². The van der Waals surface area contributed by atoms with Gasteiger partial charge in [-0.1, -0.05) is 5.16 Å². The number of hydrogen-bond donors (Lipinski definition) is 1. The molecule has 1 saturated heterocycles. The second kappa shape index (κ2) is 4.91. The van der Waals surface area contributed by atoms with Crippen molar-refractivity contribution in [3.8, 4) is 11.4 Å². The Bertz CT molecular complexity index is 514. The normalized spacial score (nSPS) is 20.2. The van der Waals surface area contributed by atoms with Gasteiger partial charge >= 0.3 is 0 Å². The third kappa shape index (κ3) is 2.30. The highest BCUT2D eigenvalue weighted by Gasteiger charge is 2.19. The molecule has 0 radical (unpaired) electrons. The highest BCUT2D eigenvalue weighted by atomic mass is 16.5. The molecular formula is C12H15N3O3. The van der Waals surface area contributed by atoms with E-state index in [0.717, 1.165) is 31.0 Å². The number of furan rings is 1. The van der Waals surface area contributed by atoms with Crippen LogP contribution in [0, 0.1) is 6.92 Å². The van der Waals surface area contributed by atoms with Crippen molar-refractivity contribution in [2.75, 3.05) is 19.7 Å². The lowest BCUT2D eigenvalue weighted by atomic mass is 10.2. The fourth-order valence-electron chi connectivity index (χ4n) is 2.01. The molecule has 18 heavy (non-hydrogen) atoms. The monoisotopic (exact) mass is 249 g/mol. The van der Waals surface area contributed by atoms with Crippen molar-refractivity contribution < 1.29 is 13.7 Å². The van der Waals surface area contributed by atoms with Gasteiger partial charge in [0, 0.05) is 13.1 Å². The molecule has 3 heterocycles. The molecule has 1 N–H and O–H groups in total. The van der Waals surface area contributed by atoms with Gasteiger partial charge in [-0.15, -0.1) is 0 Å². The van der Waals surface area contributed by atoms with Crippen LogP contribution in [0.2, 0.25) is 0 Å². The minimum Gasteiger partial charge on any atom is -0.469 e. The number of aryl methyl sites for hydroxylation is 1. The van der Waals surface area contributed by atoms with E-state index in [2.05, 4.69) is 15.5 Å². The molecule has 0 aliphatic carbocycles. The Morgan fingerprint density at radius 1 is 1.50 bits per heavy atom. The van der Waals surface area contributed by atoms with Gasteiger partial charge in [0.05, 0.1) is 31.0 Å². The van der Waals surface area contributed by atoms with Gasteiger partial charge in [0.25, 0.3) is 0 Å². The smallest absolute Gasteiger partial charge is 0.229 e. The van der Waals surface area contributed by atoms with Crippen molar-refractivity contribution in [2.24, 2.45) is 0 Å². The average molecular weight is 249 g/mol. The van der Waals surface area contributed by atoms with E-state index in [4.69, 9.17) is 13.7 Å². The molecule has 0 saturated carbocycles. The SMILES string of the molecule is Cc1occc1-c1noc(CC2CNCCO2)n1. The van der Waals surface area contributed by atoms with Crippen molar-refractivity contribution in [3.63, 3.8) is 0 Å². The Hall–Kier alpha value is -1.66. The average Bonchev–Trinajstić information content (AvgIpc) is 2.99. The lowest BCUT2D eigenvalue weighted by Crippen LogP contribution is -2.39. The highest BCUT2D eigenvalue weighted by Crippen LogP contribution is 2.21. The quantitative estimate of drug-likeness (QED) is 0.880. The van der Waals surface area contributed by atoms with Crippen LogP contribution in [0.4, 0.5) is 0 Å². The van der Waals surface area contributed by atoms with E-state index in [1.54, 1.807) is 6.26 Å². The molecule has 96 valence electrons. The number of morpholine rings is 1.